The molecule has 0 saturated carbocycles. The first-order chi connectivity index (χ1) is 17.5. The van der Waals surface area contributed by atoms with Gasteiger partial charge in [-0.25, -0.2) is 13.2 Å². The van der Waals surface area contributed by atoms with Crippen molar-refractivity contribution >= 4 is 16.6 Å². The monoisotopic (exact) mass is 496 g/mol. The number of fused-ring (bicyclic) bond motifs is 1. The predicted molar refractivity (Wildman–Crippen MR) is 132 cm³/mol. The Morgan fingerprint density at radius 3 is 2.67 bits per heavy atom. The van der Waals surface area contributed by atoms with E-state index in [-0.39, 0.29) is 11.6 Å². The molecule has 1 aliphatic rings. The Labute approximate surface area is 207 Å². The van der Waals surface area contributed by atoms with Crippen LogP contribution in [0.3, 0.4) is 0 Å². The molecule has 2 aromatic carbocycles. The van der Waals surface area contributed by atoms with Crippen molar-refractivity contribution in [3.05, 3.63) is 71.9 Å². The van der Waals surface area contributed by atoms with Gasteiger partial charge in [0.15, 0.2) is 0 Å². The van der Waals surface area contributed by atoms with Gasteiger partial charge in [-0.05, 0) is 31.9 Å². The fourth-order valence-corrected chi connectivity index (χ4v) is 4.70. The normalized spacial score (nSPS) is 15.4. The molecule has 5 rings (SSSR count). The van der Waals surface area contributed by atoms with Crippen LogP contribution in [0.1, 0.15) is 49.4 Å². The summed E-state index contributed by atoms with van der Waals surface area (Å²) in [6.45, 7) is 3.18. The minimum Gasteiger partial charge on any atom is -0.496 e. The Balaban J connectivity index is 1.51. The van der Waals surface area contributed by atoms with Gasteiger partial charge in [-0.15, -0.1) is 0 Å². The van der Waals surface area contributed by atoms with Crippen LogP contribution in [0.4, 0.5) is 18.9 Å². The molecule has 0 spiro atoms. The first-order valence-corrected chi connectivity index (χ1v) is 11.9. The number of hydrogen-bond acceptors (Lipinski definition) is 5. The molecule has 0 radical (unpaired) electrons. The van der Waals surface area contributed by atoms with Crippen LogP contribution in [-0.4, -0.2) is 35.1 Å². The van der Waals surface area contributed by atoms with E-state index in [2.05, 4.69) is 15.4 Å². The van der Waals surface area contributed by atoms with Crippen molar-refractivity contribution in [3.8, 4) is 16.9 Å². The SMILES string of the molecule is COc1cc2nccc(NC(C)c3cccc(C(F)F)c3F)c2cc1-c1cnn(C2CCOCC2)c1. The van der Waals surface area contributed by atoms with Crippen molar-refractivity contribution in [2.75, 3.05) is 25.6 Å². The number of benzene rings is 2. The van der Waals surface area contributed by atoms with Crippen LogP contribution in [0.25, 0.3) is 22.0 Å². The van der Waals surface area contributed by atoms with Crippen LogP contribution < -0.4 is 10.1 Å². The number of nitrogens with one attached hydrogen (secondary N) is 1. The highest BCUT2D eigenvalue weighted by Gasteiger charge is 2.21. The number of nitrogens with zero attached hydrogens (tertiary/aromatic N) is 3. The Bertz CT molecular complexity index is 1370. The van der Waals surface area contributed by atoms with Crippen molar-refractivity contribution in [1.29, 1.82) is 0 Å². The summed E-state index contributed by atoms with van der Waals surface area (Å²) >= 11 is 0. The predicted octanol–water partition coefficient (Wildman–Crippen LogP) is 6.71. The van der Waals surface area contributed by atoms with E-state index in [0.29, 0.717) is 17.0 Å². The molecule has 1 fully saturated rings. The first-order valence-electron chi connectivity index (χ1n) is 11.9. The quantitative estimate of drug-likeness (QED) is 0.308. The second kappa shape index (κ2) is 10.2. The van der Waals surface area contributed by atoms with Crippen LogP contribution in [-0.2, 0) is 4.74 Å². The van der Waals surface area contributed by atoms with Crippen LogP contribution in [0.15, 0.2) is 55.0 Å². The molecule has 1 N–H and O–H groups in total. The lowest BCUT2D eigenvalue weighted by Gasteiger charge is -2.22. The lowest BCUT2D eigenvalue weighted by atomic mass is 10.0. The molecule has 2 aromatic heterocycles. The molecular weight excluding hydrogens is 469 g/mol. The number of anilines is 1. The number of hydrogen-bond donors (Lipinski definition) is 1. The van der Waals surface area contributed by atoms with Gasteiger partial charge in [0.1, 0.15) is 11.6 Å². The van der Waals surface area contributed by atoms with E-state index in [0.717, 1.165) is 48.6 Å². The first kappa shape index (κ1) is 24.1. The highest BCUT2D eigenvalue weighted by atomic mass is 19.3. The number of methoxy groups -OCH3 is 1. The third kappa shape index (κ3) is 4.63. The van der Waals surface area contributed by atoms with Gasteiger partial charge in [-0.2, -0.15) is 5.10 Å². The lowest BCUT2D eigenvalue weighted by molar-refractivity contribution is 0.0662. The third-order valence-corrected chi connectivity index (χ3v) is 6.67. The fourth-order valence-electron chi connectivity index (χ4n) is 4.70. The van der Waals surface area contributed by atoms with Crippen LogP contribution in [0.5, 0.6) is 5.75 Å². The zero-order chi connectivity index (χ0) is 25.2. The van der Waals surface area contributed by atoms with Gasteiger partial charge >= 0.3 is 0 Å². The largest absolute Gasteiger partial charge is 0.496 e. The second-order valence-corrected chi connectivity index (χ2v) is 8.90. The van der Waals surface area contributed by atoms with E-state index in [4.69, 9.17) is 9.47 Å². The smallest absolute Gasteiger partial charge is 0.266 e. The molecule has 1 saturated heterocycles. The molecule has 6 nitrogen and oxygen atoms in total. The van der Waals surface area contributed by atoms with E-state index in [1.54, 1.807) is 26.3 Å². The number of pyridine rings is 1. The fraction of sp³-hybridized carbons (Fsp3) is 0.333. The molecule has 3 heterocycles. The van der Waals surface area contributed by atoms with Crippen molar-refractivity contribution < 1.29 is 22.6 Å². The summed E-state index contributed by atoms with van der Waals surface area (Å²) in [4.78, 5) is 4.47. The molecule has 0 amide bonds. The summed E-state index contributed by atoms with van der Waals surface area (Å²) < 4.78 is 54.3. The molecule has 36 heavy (non-hydrogen) atoms. The summed E-state index contributed by atoms with van der Waals surface area (Å²) in [6, 6.07) is 9.40. The topological polar surface area (TPSA) is 61.2 Å². The van der Waals surface area contributed by atoms with Gasteiger partial charge in [-0.3, -0.25) is 9.67 Å². The van der Waals surface area contributed by atoms with Gasteiger partial charge in [-0.1, -0.05) is 18.2 Å². The summed E-state index contributed by atoms with van der Waals surface area (Å²) in [5, 5.41) is 8.66. The number of ether oxygens (including phenoxy) is 2. The number of alkyl halides is 2. The Morgan fingerprint density at radius 2 is 1.92 bits per heavy atom. The molecule has 188 valence electrons. The van der Waals surface area contributed by atoms with Gasteiger partial charge < -0.3 is 14.8 Å². The maximum absolute atomic E-state index is 14.8. The molecule has 1 atom stereocenters. The molecule has 0 bridgehead atoms. The maximum atomic E-state index is 14.8. The standard InChI is InChI=1S/C27H27F3N4O2/c1-16(19-4-3-5-20(26(19)28)27(29)30)33-23-6-9-31-24-13-25(35-2)21(12-22(23)24)17-14-32-34(15-17)18-7-10-36-11-8-18/h3-6,9,12-16,18,27H,7-8,10-11H2,1-2H3,(H,31,33). The summed E-state index contributed by atoms with van der Waals surface area (Å²) in [6.07, 6.45) is 4.42. The summed E-state index contributed by atoms with van der Waals surface area (Å²) in [7, 11) is 1.61. The molecule has 0 aliphatic carbocycles. The van der Waals surface area contributed by atoms with E-state index in [1.807, 2.05) is 29.2 Å². The molecule has 4 aromatic rings. The van der Waals surface area contributed by atoms with Crippen molar-refractivity contribution in [2.24, 2.45) is 0 Å². The minimum atomic E-state index is -2.88. The Morgan fingerprint density at radius 1 is 1.14 bits per heavy atom. The minimum absolute atomic E-state index is 0.171. The van der Waals surface area contributed by atoms with Crippen molar-refractivity contribution in [3.63, 3.8) is 0 Å². The van der Waals surface area contributed by atoms with Gasteiger partial charge in [0.2, 0.25) is 0 Å². The van der Waals surface area contributed by atoms with Crippen molar-refractivity contribution in [1.82, 2.24) is 14.8 Å². The molecule has 1 unspecified atom stereocenters. The van der Waals surface area contributed by atoms with Crippen LogP contribution in [0.2, 0.25) is 0 Å². The summed E-state index contributed by atoms with van der Waals surface area (Å²) in [5.41, 5.74) is 2.71. The van der Waals surface area contributed by atoms with Crippen molar-refractivity contribution in [2.45, 2.75) is 38.3 Å². The third-order valence-electron chi connectivity index (χ3n) is 6.67. The number of aromatic nitrogens is 3. The average Bonchev–Trinajstić information content (AvgIpc) is 3.39. The molecule has 9 heteroatoms. The van der Waals surface area contributed by atoms with Gasteiger partial charge in [0, 0.05) is 59.4 Å². The van der Waals surface area contributed by atoms with Gasteiger partial charge in [0.05, 0.1) is 36.5 Å². The lowest BCUT2D eigenvalue weighted by Crippen LogP contribution is -2.19. The van der Waals surface area contributed by atoms with E-state index in [9.17, 15) is 13.2 Å². The zero-order valence-electron chi connectivity index (χ0n) is 20.0. The maximum Gasteiger partial charge on any atom is 0.266 e. The molecule has 1 aliphatic heterocycles. The second-order valence-electron chi connectivity index (χ2n) is 8.90. The van der Waals surface area contributed by atoms with Crippen LogP contribution >= 0.6 is 0 Å². The highest BCUT2D eigenvalue weighted by molar-refractivity contribution is 5.96. The van der Waals surface area contributed by atoms with E-state index in [1.165, 1.54) is 12.1 Å². The Kier molecular flexibility index (Phi) is 6.82. The number of halogens is 3. The van der Waals surface area contributed by atoms with E-state index < -0.39 is 23.8 Å². The Hall–Kier alpha value is -3.59. The number of rotatable bonds is 7. The van der Waals surface area contributed by atoms with E-state index >= 15 is 0 Å². The highest BCUT2D eigenvalue weighted by Crippen LogP contribution is 2.38. The van der Waals surface area contributed by atoms with Crippen LogP contribution in [0, 0.1) is 5.82 Å². The summed E-state index contributed by atoms with van der Waals surface area (Å²) in [5.74, 6) is -0.240. The zero-order valence-corrected chi connectivity index (χ0v) is 20.0. The average molecular weight is 497 g/mol. The van der Waals surface area contributed by atoms with Gasteiger partial charge in [0.25, 0.3) is 6.43 Å². The molecular formula is C27H27F3N4O2.